The number of nitrogens with one attached hydrogen (secondary N) is 1. The van der Waals surface area contributed by atoms with E-state index in [4.69, 9.17) is 4.74 Å². The molecular formula is C17H24N2O2. The zero-order valence-corrected chi connectivity index (χ0v) is 12.9. The molecule has 0 spiro atoms. The minimum absolute atomic E-state index is 0.0538. The number of aryl methyl sites for hydroxylation is 1. The van der Waals surface area contributed by atoms with Crippen LogP contribution in [0.1, 0.15) is 31.2 Å². The molecule has 1 amide bonds. The van der Waals surface area contributed by atoms with E-state index >= 15 is 0 Å². The molecule has 1 aliphatic heterocycles. The number of methoxy groups -OCH3 is 1. The van der Waals surface area contributed by atoms with Crippen molar-refractivity contribution in [1.82, 2.24) is 4.90 Å². The highest BCUT2D eigenvalue weighted by atomic mass is 16.5. The lowest BCUT2D eigenvalue weighted by molar-refractivity contribution is -0.121. The molecule has 2 aliphatic rings. The summed E-state index contributed by atoms with van der Waals surface area (Å²) < 4.78 is 5.25. The molecular weight excluding hydrogens is 264 g/mol. The van der Waals surface area contributed by atoms with Crippen molar-refractivity contribution in [3.05, 3.63) is 23.8 Å². The van der Waals surface area contributed by atoms with Gasteiger partial charge in [-0.25, -0.2) is 0 Å². The quantitative estimate of drug-likeness (QED) is 0.906. The van der Waals surface area contributed by atoms with Crippen LogP contribution in [0.2, 0.25) is 0 Å². The van der Waals surface area contributed by atoms with E-state index in [0.717, 1.165) is 30.1 Å². The maximum atomic E-state index is 12.7. The van der Waals surface area contributed by atoms with Crippen molar-refractivity contribution in [1.29, 1.82) is 0 Å². The fourth-order valence-corrected chi connectivity index (χ4v) is 3.18. The monoisotopic (exact) mass is 288 g/mol. The standard InChI is InChI=1S/C17H24N2O2/c1-12-5-8-14(21-2)11-15(12)18-17(20)16(13-6-7-13)19-9-3-4-10-19/h5,8,11,13,16H,3-4,6-7,9-10H2,1-2H3,(H,18,20)/t16-/m1/s1. The van der Waals surface area contributed by atoms with Crippen molar-refractivity contribution < 1.29 is 9.53 Å². The summed E-state index contributed by atoms with van der Waals surface area (Å²) in [7, 11) is 1.65. The maximum Gasteiger partial charge on any atom is 0.242 e. The van der Waals surface area contributed by atoms with Gasteiger partial charge in [-0.15, -0.1) is 0 Å². The zero-order valence-electron chi connectivity index (χ0n) is 12.9. The van der Waals surface area contributed by atoms with E-state index in [1.165, 1.54) is 25.7 Å². The first-order valence-corrected chi connectivity index (χ1v) is 7.88. The van der Waals surface area contributed by atoms with Crippen LogP contribution in [0.3, 0.4) is 0 Å². The van der Waals surface area contributed by atoms with E-state index in [0.29, 0.717) is 5.92 Å². The molecule has 2 fully saturated rings. The third kappa shape index (κ3) is 3.21. The Kier molecular flexibility index (Phi) is 4.15. The third-order valence-corrected chi connectivity index (χ3v) is 4.57. The number of ether oxygens (including phenoxy) is 1. The minimum Gasteiger partial charge on any atom is -0.497 e. The molecule has 1 atom stereocenters. The highest BCUT2D eigenvalue weighted by molar-refractivity contribution is 5.96. The number of anilines is 1. The van der Waals surface area contributed by atoms with Gasteiger partial charge < -0.3 is 10.1 Å². The number of carbonyl (C=O) groups excluding carboxylic acids is 1. The van der Waals surface area contributed by atoms with Crippen LogP contribution in [0, 0.1) is 12.8 Å². The Morgan fingerprint density at radius 1 is 1.33 bits per heavy atom. The second kappa shape index (κ2) is 6.06. The van der Waals surface area contributed by atoms with Crippen LogP contribution in [0.4, 0.5) is 5.69 Å². The second-order valence-corrected chi connectivity index (χ2v) is 6.20. The number of hydrogen-bond acceptors (Lipinski definition) is 3. The van der Waals surface area contributed by atoms with Crippen LogP contribution >= 0.6 is 0 Å². The van der Waals surface area contributed by atoms with Crippen LogP contribution in [0.5, 0.6) is 5.75 Å². The zero-order chi connectivity index (χ0) is 14.8. The van der Waals surface area contributed by atoms with Crippen molar-refractivity contribution in [2.45, 2.75) is 38.6 Å². The van der Waals surface area contributed by atoms with E-state index in [1.54, 1.807) is 7.11 Å². The molecule has 1 aromatic rings. The second-order valence-electron chi connectivity index (χ2n) is 6.20. The summed E-state index contributed by atoms with van der Waals surface area (Å²) >= 11 is 0. The molecule has 4 nitrogen and oxygen atoms in total. The first kappa shape index (κ1) is 14.4. The molecule has 0 aromatic heterocycles. The van der Waals surface area contributed by atoms with Gasteiger partial charge in [0.15, 0.2) is 0 Å². The van der Waals surface area contributed by atoms with Crippen LogP contribution in [0.15, 0.2) is 18.2 Å². The summed E-state index contributed by atoms with van der Waals surface area (Å²) in [6.07, 6.45) is 4.81. The largest absolute Gasteiger partial charge is 0.497 e. The van der Waals surface area contributed by atoms with Crippen molar-refractivity contribution in [2.24, 2.45) is 5.92 Å². The predicted octanol–water partition coefficient (Wildman–Crippen LogP) is 2.82. The van der Waals surface area contributed by atoms with Gasteiger partial charge in [-0.1, -0.05) is 6.07 Å². The SMILES string of the molecule is COc1ccc(C)c(NC(=O)[C@@H](C2CC2)N2CCCC2)c1. The van der Waals surface area contributed by atoms with Crippen LogP contribution in [-0.2, 0) is 4.79 Å². The fraction of sp³-hybridized carbons (Fsp3) is 0.588. The summed E-state index contributed by atoms with van der Waals surface area (Å²) in [6, 6.07) is 5.86. The molecule has 1 heterocycles. The lowest BCUT2D eigenvalue weighted by Crippen LogP contribution is -2.44. The predicted molar refractivity (Wildman–Crippen MR) is 83.7 cm³/mol. The molecule has 1 aromatic carbocycles. The highest BCUT2D eigenvalue weighted by Crippen LogP contribution is 2.37. The number of rotatable bonds is 5. The molecule has 1 saturated heterocycles. The van der Waals surface area contributed by atoms with Gasteiger partial charge in [-0.3, -0.25) is 9.69 Å². The summed E-state index contributed by atoms with van der Waals surface area (Å²) in [5.74, 6) is 1.48. The Balaban J connectivity index is 1.74. The maximum absolute atomic E-state index is 12.7. The van der Waals surface area contributed by atoms with Gasteiger partial charge in [0.05, 0.1) is 13.2 Å². The Morgan fingerprint density at radius 2 is 2.05 bits per heavy atom. The smallest absolute Gasteiger partial charge is 0.242 e. The van der Waals surface area contributed by atoms with Gasteiger partial charge in [0.25, 0.3) is 0 Å². The molecule has 21 heavy (non-hydrogen) atoms. The molecule has 4 heteroatoms. The van der Waals surface area contributed by atoms with E-state index in [-0.39, 0.29) is 11.9 Å². The molecule has 3 rings (SSSR count). The number of likely N-dealkylation sites (tertiary alicyclic amines) is 1. The van der Waals surface area contributed by atoms with E-state index < -0.39 is 0 Å². The van der Waals surface area contributed by atoms with Crippen LogP contribution in [0.25, 0.3) is 0 Å². The number of carbonyl (C=O) groups is 1. The summed E-state index contributed by atoms with van der Waals surface area (Å²) in [4.78, 5) is 15.1. The molecule has 1 saturated carbocycles. The molecule has 114 valence electrons. The summed E-state index contributed by atoms with van der Waals surface area (Å²) in [5, 5.41) is 3.12. The van der Waals surface area contributed by atoms with E-state index in [9.17, 15) is 4.79 Å². The van der Waals surface area contributed by atoms with Gasteiger partial charge in [-0.05, 0) is 63.2 Å². The van der Waals surface area contributed by atoms with Gasteiger partial charge in [0, 0.05) is 11.8 Å². The van der Waals surface area contributed by atoms with Crippen LogP contribution in [-0.4, -0.2) is 37.0 Å². The average Bonchev–Trinajstić information content (AvgIpc) is 3.16. The average molecular weight is 288 g/mol. The summed E-state index contributed by atoms with van der Waals surface area (Å²) in [6.45, 7) is 4.13. The molecule has 0 bridgehead atoms. The Morgan fingerprint density at radius 3 is 2.67 bits per heavy atom. The number of nitrogens with zero attached hydrogens (tertiary/aromatic N) is 1. The third-order valence-electron chi connectivity index (χ3n) is 4.57. The minimum atomic E-state index is 0.0538. The van der Waals surface area contributed by atoms with Crippen molar-refractivity contribution >= 4 is 11.6 Å². The molecule has 1 N–H and O–H groups in total. The first-order chi connectivity index (χ1) is 10.2. The Bertz CT molecular complexity index is 520. The van der Waals surface area contributed by atoms with Crippen molar-refractivity contribution in [2.75, 3.05) is 25.5 Å². The number of amides is 1. The van der Waals surface area contributed by atoms with Crippen LogP contribution < -0.4 is 10.1 Å². The number of benzene rings is 1. The van der Waals surface area contributed by atoms with Gasteiger partial charge in [-0.2, -0.15) is 0 Å². The fourth-order valence-electron chi connectivity index (χ4n) is 3.18. The lowest BCUT2D eigenvalue weighted by atomic mass is 10.1. The normalized spacial score (nSPS) is 20.3. The van der Waals surface area contributed by atoms with Crippen molar-refractivity contribution in [3.63, 3.8) is 0 Å². The summed E-state index contributed by atoms with van der Waals surface area (Å²) in [5.41, 5.74) is 1.93. The van der Waals surface area contributed by atoms with Gasteiger partial charge in [0.2, 0.25) is 5.91 Å². The van der Waals surface area contributed by atoms with E-state index in [2.05, 4.69) is 10.2 Å². The Hall–Kier alpha value is -1.55. The Labute approximate surface area is 126 Å². The van der Waals surface area contributed by atoms with E-state index in [1.807, 2.05) is 25.1 Å². The number of hydrogen-bond donors (Lipinski definition) is 1. The topological polar surface area (TPSA) is 41.6 Å². The molecule has 0 unspecified atom stereocenters. The first-order valence-electron chi connectivity index (χ1n) is 7.88. The van der Waals surface area contributed by atoms with Gasteiger partial charge in [0.1, 0.15) is 5.75 Å². The van der Waals surface area contributed by atoms with Crippen molar-refractivity contribution in [3.8, 4) is 5.75 Å². The van der Waals surface area contributed by atoms with Gasteiger partial charge >= 0.3 is 0 Å². The molecule has 0 radical (unpaired) electrons. The highest BCUT2D eigenvalue weighted by Gasteiger charge is 2.40. The molecule has 1 aliphatic carbocycles. The lowest BCUT2D eigenvalue weighted by Gasteiger charge is -2.26.